The second-order valence-corrected chi connectivity index (χ2v) is 8.95. The minimum absolute atomic E-state index is 0.00937. The first kappa shape index (κ1) is 18.2. The molecule has 25 heavy (non-hydrogen) atoms. The van der Waals surface area contributed by atoms with E-state index in [4.69, 9.17) is 0 Å². The maximum atomic E-state index is 12.0. The Labute approximate surface area is 147 Å². The number of rotatable bonds is 7. The number of aliphatic hydroxyl groups is 1. The number of aromatic nitrogens is 4. The largest absolute Gasteiger partial charge is 0.391 e. The lowest BCUT2D eigenvalue weighted by molar-refractivity contribution is 0.148. The molecule has 1 fully saturated rings. The van der Waals surface area contributed by atoms with E-state index in [0.29, 0.717) is 18.9 Å². The van der Waals surface area contributed by atoms with Gasteiger partial charge < -0.3 is 10.0 Å². The smallest absolute Gasteiger partial charge is 0.252 e. The highest BCUT2D eigenvalue weighted by atomic mass is 32.2. The van der Waals surface area contributed by atoms with Gasteiger partial charge in [-0.3, -0.25) is 0 Å². The van der Waals surface area contributed by atoms with Crippen LogP contribution in [0.1, 0.15) is 12.0 Å². The number of hydrogen-bond donors (Lipinski definition) is 1. The van der Waals surface area contributed by atoms with E-state index in [1.807, 2.05) is 6.20 Å². The summed E-state index contributed by atoms with van der Waals surface area (Å²) in [6, 6.07) is 0. The standard InChI is InChI=1S/C15H24N6O3S/c1-19(2)25(23,24)10-13-8-20(9-14(13)22)5-3-4-12-6-16-15-17-11-18-21(15)7-12/h6-7,11,13-14,22H,3-5,8-10H2,1-2H3/t13-,14-/m0/s1. The molecule has 0 amide bonds. The van der Waals surface area contributed by atoms with Crippen LogP contribution in [0.5, 0.6) is 0 Å². The van der Waals surface area contributed by atoms with Crippen molar-refractivity contribution in [3.63, 3.8) is 0 Å². The van der Waals surface area contributed by atoms with Gasteiger partial charge in [-0.1, -0.05) is 0 Å². The van der Waals surface area contributed by atoms with Crippen molar-refractivity contribution in [2.45, 2.75) is 18.9 Å². The number of fused-ring (bicyclic) bond motifs is 1. The van der Waals surface area contributed by atoms with Crippen molar-refractivity contribution in [3.8, 4) is 0 Å². The molecule has 2 aromatic rings. The Morgan fingerprint density at radius 3 is 2.88 bits per heavy atom. The zero-order valence-corrected chi connectivity index (χ0v) is 15.3. The Balaban J connectivity index is 1.49. The van der Waals surface area contributed by atoms with E-state index >= 15 is 0 Å². The minimum atomic E-state index is -3.29. The van der Waals surface area contributed by atoms with E-state index in [9.17, 15) is 13.5 Å². The molecule has 1 aliphatic rings. The van der Waals surface area contributed by atoms with Crippen LogP contribution < -0.4 is 0 Å². The van der Waals surface area contributed by atoms with Crippen LogP contribution in [0.15, 0.2) is 18.7 Å². The highest BCUT2D eigenvalue weighted by molar-refractivity contribution is 7.89. The normalized spacial score (nSPS) is 22.2. The summed E-state index contributed by atoms with van der Waals surface area (Å²) in [7, 11) is -0.249. The zero-order valence-electron chi connectivity index (χ0n) is 14.5. The van der Waals surface area contributed by atoms with Gasteiger partial charge in [0.25, 0.3) is 5.78 Å². The topological polar surface area (TPSA) is 104 Å². The summed E-state index contributed by atoms with van der Waals surface area (Å²) < 4.78 is 26.9. The summed E-state index contributed by atoms with van der Waals surface area (Å²) in [6.45, 7) is 1.94. The summed E-state index contributed by atoms with van der Waals surface area (Å²) in [4.78, 5) is 10.4. The van der Waals surface area contributed by atoms with Crippen LogP contribution >= 0.6 is 0 Å². The van der Waals surface area contributed by atoms with Gasteiger partial charge in [0, 0.05) is 45.5 Å². The molecule has 3 rings (SSSR count). The fourth-order valence-electron chi connectivity index (χ4n) is 3.10. The second kappa shape index (κ2) is 7.32. The first-order valence-corrected chi connectivity index (χ1v) is 9.91. The molecule has 1 N–H and O–H groups in total. The Hall–Kier alpha value is -1.62. The number of likely N-dealkylation sites (tertiary alicyclic amines) is 1. The van der Waals surface area contributed by atoms with Gasteiger partial charge in [0.05, 0.1) is 11.9 Å². The summed E-state index contributed by atoms with van der Waals surface area (Å²) >= 11 is 0. The van der Waals surface area contributed by atoms with Crippen LogP contribution in [0.3, 0.4) is 0 Å². The molecule has 0 radical (unpaired) electrons. The van der Waals surface area contributed by atoms with Gasteiger partial charge >= 0.3 is 0 Å². The maximum Gasteiger partial charge on any atom is 0.252 e. The first-order chi connectivity index (χ1) is 11.8. The van der Waals surface area contributed by atoms with Crippen molar-refractivity contribution in [2.24, 2.45) is 5.92 Å². The predicted molar refractivity (Wildman–Crippen MR) is 92.5 cm³/mol. The maximum absolute atomic E-state index is 12.0. The van der Waals surface area contributed by atoms with Gasteiger partial charge in [0.1, 0.15) is 6.33 Å². The van der Waals surface area contributed by atoms with Crippen LogP contribution in [0.2, 0.25) is 0 Å². The molecule has 0 bridgehead atoms. The molecule has 2 atom stereocenters. The van der Waals surface area contributed by atoms with Crippen LogP contribution in [0.4, 0.5) is 0 Å². The summed E-state index contributed by atoms with van der Waals surface area (Å²) in [5, 5.41) is 14.2. The molecule has 0 unspecified atom stereocenters. The molecular weight excluding hydrogens is 344 g/mol. The van der Waals surface area contributed by atoms with Crippen molar-refractivity contribution in [2.75, 3.05) is 39.5 Å². The van der Waals surface area contributed by atoms with Gasteiger partial charge in [-0.2, -0.15) is 10.1 Å². The van der Waals surface area contributed by atoms with Gasteiger partial charge in [0.15, 0.2) is 0 Å². The lowest BCUT2D eigenvalue weighted by atomic mass is 10.1. The highest BCUT2D eigenvalue weighted by Gasteiger charge is 2.34. The van der Waals surface area contributed by atoms with E-state index in [1.54, 1.807) is 10.7 Å². The second-order valence-electron chi connectivity index (χ2n) is 6.72. The summed E-state index contributed by atoms with van der Waals surface area (Å²) in [6.07, 6.45) is 6.34. The molecule has 1 saturated heterocycles. The Bertz CT molecular complexity index is 822. The Morgan fingerprint density at radius 2 is 2.12 bits per heavy atom. The predicted octanol–water partition coefficient (Wildman–Crippen LogP) is -0.759. The van der Waals surface area contributed by atoms with Gasteiger partial charge in [-0.15, -0.1) is 0 Å². The van der Waals surface area contributed by atoms with Crippen LogP contribution in [-0.2, 0) is 16.4 Å². The first-order valence-electron chi connectivity index (χ1n) is 8.30. The third-order valence-electron chi connectivity index (χ3n) is 4.59. The van der Waals surface area contributed by atoms with Crippen molar-refractivity contribution >= 4 is 15.8 Å². The van der Waals surface area contributed by atoms with Crippen LogP contribution in [0, 0.1) is 5.92 Å². The third kappa shape index (κ3) is 4.32. The van der Waals surface area contributed by atoms with Crippen molar-refractivity contribution in [1.82, 2.24) is 28.8 Å². The molecule has 0 aliphatic carbocycles. The monoisotopic (exact) mass is 368 g/mol. The third-order valence-corrected chi connectivity index (χ3v) is 6.55. The highest BCUT2D eigenvalue weighted by Crippen LogP contribution is 2.20. The van der Waals surface area contributed by atoms with Crippen LogP contribution in [0.25, 0.3) is 5.78 Å². The van der Waals surface area contributed by atoms with Crippen LogP contribution in [-0.4, -0.2) is 87.9 Å². The summed E-state index contributed by atoms with van der Waals surface area (Å²) in [5.41, 5.74) is 1.07. The SMILES string of the molecule is CN(C)S(=O)(=O)C[C@@H]1CN(CCCc2cnc3ncnn3c2)C[C@@H]1O. The van der Waals surface area contributed by atoms with E-state index in [2.05, 4.69) is 20.0 Å². The molecule has 1 aliphatic heterocycles. The minimum Gasteiger partial charge on any atom is -0.391 e. The number of nitrogens with zero attached hydrogens (tertiary/aromatic N) is 6. The Morgan fingerprint density at radius 1 is 1.32 bits per heavy atom. The average molecular weight is 368 g/mol. The van der Waals surface area contributed by atoms with E-state index in [0.717, 1.165) is 24.9 Å². The molecule has 10 heteroatoms. The number of β-amino-alcohol motifs (C(OH)–C–C–N with tert-alkyl or cyclic N) is 1. The number of aliphatic hydroxyl groups excluding tert-OH is 1. The lowest BCUT2D eigenvalue weighted by Gasteiger charge is -2.18. The number of hydrogen-bond acceptors (Lipinski definition) is 7. The van der Waals surface area contributed by atoms with Crippen molar-refractivity contribution < 1.29 is 13.5 Å². The number of aryl methyl sites for hydroxylation is 1. The van der Waals surface area contributed by atoms with Crippen molar-refractivity contribution in [3.05, 3.63) is 24.3 Å². The molecule has 0 spiro atoms. The molecule has 138 valence electrons. The molecule has 3 heterocycles. The molecular formula is C15H24N6O3S. The lowest BCUT2D eigenvalue weighted by Crippen LogP contribution is -2.33. The van der Waals surface area contributed by atoms with E-state index < -0.39 is 16.1 Å². The molecule has 2 aromatic heterocycles. The van der Waals surface area contributed by atoms with E-state index in [1.165, 1.54) is 24.7 Å². The zero-order chi connectivity index (χ0) is 18.0. The van der Waals surface area contributed by atoms with Gasteiger partial charge in [-0.25, -0.2) is 22.2 Å². The molecule has 9 nitrogen and oxygen atoms in total. The van der Waals surface area contributed by atoms with E-state index in [-0.39, 0.29) is 11.7 Å². The fraction of sp³-hybridized carbons (Fsp3) is 0.667. The van der Waals surface area contributed by atoms with Gasteiger partial charge in [0.2, 0.25) is 10.0 Å². The average Bonchev–Trinajstić information content (AvgIpc) is 3.13. The molecule has 0 saturated carbocycles. The fourth-order valence-corrected chi connectivity index (χ4v) is 4.27. The van der Waals surface area contributed by atoms with Gasteiger partial charge in [-0.05, 0) is 24.9 Å². The molecule has 0 aromatic carbocycles. The van der Waals surface area contributed by atoms with Crippen molar-refractivity contribution in [1.29, 1.82) is 0 Å². The number of sulfonamides is 1. The quantitative estimate of drug-likeness (QED) is 0.685. The summed E-state index contributed by atoms with van der Waals surface area (Å²) in [5.74, 6) is 0.335. The Kier molecular flexibility index (Phi) is 5.32.